The number of aldehydes is 1. The van der Waals surface area contributed by atoms with Gasteiger partial charge in [-0.1, -0.05) is 12.1 Å². The molecule has 82 valence electrons. The molecule has 0 aliphatic heterocycles. The van der Waals surface area contributed by atoms with E-state index in [0.29, 0.717) is 11.4 Å². The first kappa shape index (κ1) is 10.8. The minimum Gasteiger partial charge on any atom is -0.480 e. The van der Waals surface area contributed by atoms with Crippen LogP contribution in [0.1, 0.15) is 15.9 Å². The van der Waals surface area contributed by atoms with Crippen LogP contribution in [0.15, 0.2) is 24.3 Å². The lowest BCUT2D eigenvalue weighted by Crippen LogP contribution is -1.85. The van der Waals surface area contributed by atoms with E-state index in [1.54, 1.807) is 7.11 Å². The summed E-state index contributed by atoms with van der Waals surface area (Å²) < 4.78 is 9.19. The van der Waals surface area contributed by atoms with E-state index in [0.717, 1.165) is 22.3 Å². The first-order chi connectivity index (χ1) is 7.74. The van der Waals surface area contributed by atoms with Crippen molar-refractivity contribution in [3.05, 3.63) is 35.4 Å². The van der Waals surface area contributed by atoms with Gasteiger partial charge >= 0.3 is 0 Å². The molecule has 0 aliphatic rings. The largest absolute Gasteiger partial charge is 0.480 e. The molecule has 0 unspecified atom stereocenters. The fourth-order valence-corrected chi connectivity index (χ4v) is 2.32. The van der Waals surface area contributed by atoms with Crippen molar-refractivity contribution in [3.63, 3.8) is 0 Å². The highest BCUT2D eigenvalue weighted by molar-refractivity contribution is 7.09. The Kier molecular flexibility index (Phi) is 3.01. The number of aryl methyl sites for hydroxylation is 1. The summed E-state index contributed by atoms with van der Waals surface area (Å²) in [4.78, 5) is 11.7. The summed E-state index contributed by atoms with van der Waals surface area (Å²) in [5.41, 5.74) is 2.85. The van der Waals surface area contributed by atoms with E-state index in [9.17, 15) is 4.79 Å². The predicted octanol–water partition coefficient (Wildman–Crippen LogP) is 2.94. The molecule has 0 N–H and O–H groups in total. The molecule has 1 aromatic carbocycles. The van der Waals surface area contributed by atoms with Crippen LogP contribution in [0.3, 0.4) is 0 Å². The zero-order chi connectivity index (χ0) is 11.5. The molecule has 4 heteroatoms. The van der Waals surface area contributed by atoms with E-state index >= 15 is 0 Å². The Bertz CT molecular complexity index is 519. The zero-order valence-electron chi connectivity index (χ0n) is 9.06. The van der Waals surface area contributed by atoms with Crippen LogP contribution in [0.5, 0.6) is 5.88 Å². The second-order valence-electron chi connectivity index (χ2n) is 3.43. The van der Waals surface area contributed by atoms with Crippen LogP contribution in [0, 0.1) is 6.92 Å². The predicted molar refractivity (Wildman–Crippen MR) is 64.2 cm³/mol. The minimum atomic E-state index is 0.624. The number of carbonyl (C=O) groups is 1. The molecule has 0 radical (unpaired) electrons. The summed E-state index contributed by atoms with van der Waals surface area (Å²) >= 11 is 1.39. The Morgan fingerprint density at radius 3 is 2.75 bits per heavy atom. The molecule has 2 aromatic rings. The summed E-state index contributed by atoms with van der Waals surface area (Å²) in [6, 6.07) is 7.51. The van der Waals surface area contributed by atoms with E-state index in [2.05, 4.69) is 4.37 Å². The van der Waals surface area contributed by atoms with Crippen LogP contribution in [-0.4, -0.2) is 17.8 Å². The van der Waals surface area contributed by atoms with Crippen molar-refractivity contribution in [2.75, 3.05) is 7.11 Å². The van der Waals surface area contributed by atoms with Crippen LogP contribution in [0.4, 0.5) is 0 Å². The van der Waals surface area contributed by atoms with Crippen molar-refractivity contribution in [1.29, 1.82) is 0 Å². The van der Waals surface area contributed by atoms with Crippen LogP contribution in [0.2, 0.25) is 0 Å². The average Bonchev–Trinajstić information content (AvgIpc) is 2.77. The molecule has 0 saturated heterocycles. The number of ether oxygens (including phenoxy) is 1. The topological polar surface area (TPSA) is 39.2 Å². The van der Waals surface area contributed by atoms with Gasteiger partial charge in [-0.2, -0.15) is 4.37 Å². The highest BCUT2D eigenvalue weighted by atomic mass is 32.1. The van der Waals surface area contributed by atoms with E-state index in [-0.39, 0.29) is 0 Å². The summed E-state index contributed by atoms with van der Waals surface area (Å²) in [5, 5.41) is 0. The van der Waals surface area contributed by atoms with Gasteiger partial charge in [-0.25, -0.2) is 0 Å². The smallest absolute Gasteiger partial charge is 0.225 e. The first-order valence-corrected chi connectivity index (χ1v) is 5.59. The Hall–Kier alpha value is -1.68. The van der Waals surface area contributed by atoms with Crippen molar-refractivity contribution in [3.8, 4) is 16.3 Å². The average molecular weight is 233 g/mol. The molecule has 0 spiro atoms. The minimum absolute atomic E-state index is 0.624. The van der Waals surface area contributed by atoms with E-state index in [1.165, 1.54) is 11.5 Å². The van der Waals surface area contributed by atoms with Gasteiger partial charge < -0.3 is 4.74 Å². The van der Waals surface area contributed by atoms with Gasteiger partial charge in [0.2, 0.25) is 5.88 Å². The maximum Gasteiger partial charge on any atom is 0.225 e. The molecule has 0 saturated carbocycles. The second kappa shape index (κ2) is 4.45. The molecule has 16 heavy (non-hydrogen) atoms. The first-order valence-electron chi connectivity index (χ1n) is 4.81. The lowest BCUT2D eigenvalue weighted by atomic mass is 10.0. The number of rotatable bonds is 3. The molecule has 1 aromatic heterocycles. The summed E-state index contributed by atoms with van der Waals surface area (Å²) in [5.74, 6) is 0.624. The highest BCUT2D eigenvalue weighted by Gasteiger charge is 2.07. The van der Waals surface area contributed by atoms with E-state index in [1.807, 2.05) is 31.2 Å². The number of benzene rings is 1. The third-order valence-electron chi connectivity index (χ3n) is 2.35. The van der Waals surface area contributed by atoms with Crippen molar-refractivity contribution in [1.82, 2.24) is 4.37 Å². The third kappa shape index (κ3) is 1.97. The molecule has 0 fully saturated rings. The number of carbonyl (C=O) groups excluding carboxylic acids is 1. The number of methoxy groups -OCH3 is 1. The van der Waals surface area contributed by atoms with Gasteiger partial charge in [0.25, 0.3) is 0 Å². The van der Waals surface area contributed by atoms with E-state index < -0.39 is 0 Å². The molecule has 1 heterocycles. The Labute approximate surface area is 97.9 Å². The summed E-state index contributed by atoms with van der Waals surface area (Å²) in [6.07, 6.45) is 0.851. The lowest BCUT2D eigenvalue weighted by Gasteiger charge is -2.02. The normalized spacial score (nSPS) is 10.1. The van der Waals surface area contributed by atoms with Crippen molar-refractivity contribution in [2.24, 2.45) is 0 Å². The molecule has 0 atom stereocenters. The number of hydrogen-bond donors (Lipinski definition) is 0. The molecular weight excluding hydrogens is 222 g/mol. The number of nitrogens with zero attached hydrogens (tertiary/aromatic N) is 1. The van der Waals surface area contributed by atoms with Crippen LogP contribution in [0.25, 0.3) is 10.4 Å². The fourth-order valence-electron chi connectivity index (χ4n) is 1.52. The van der Waals surface area contributed by atoms with Gasteiger partial charge in [0.05, 0.1) is 12.0 Å². The van der Waals surface area contributed by atoms with Gasteiger partial charge in [0, 0.05) is 11.6 Å². The van der Waals surface area contributed by atoms with Gasteiger partial charge in [0.15, 0.2) is 0 Å². The molecule has 3 nitrogen and oxygen atoms in total. The SMILES string of the molecule is COc1cc(-c2ccc(C=O)cc2C)sn1. The van der Waals surface area contributed by atoms with Gasteiger partial charge in [-0.3, -0.25) is 4.79 Å². The monoisotopic (exact) mass is 233 g/mol. The maximum absolute atomic E-state index is 10.6. The van der Waals surface area contributed by atoms with Crippen molar-refractivity contribution >= 4 is 17.8 Å². The lowest BCUT2D eigenvalue weighted by molar-refractivity contribution is 0.112. The summed E-state index contributed by atoms with van der Waals surface area (Å²) in [6.45, 7) is 1.98. The second-order valence-corrected chi connectivity index (χ2v) is 4.23. The van der Waals surface area contributed by atoms with Gasteiger partial charge in [0.1, 0.15) is 6.29 Å². The van der Waals surface area contributed by atoms with E-state index in [4.69, 9.17) is 4.74 Å². The quantitative estimate of drug-likeness (QED) is 0.765. The third-order valence-corrected chi connectivity index (χ3v) is 3.16. The fraction of sp³-hybridized carbons (Fsp3) is 0.167. The molecular formula is C12H11NO2S. The highest BCUT2D eigenvalue weighted by Crippen LogP contribution is 2.30. The zero-order valence-corrected chi connectivity index (χ0v) is 9.88. The van der Waals surface area contributed by atoms with Crippen LogP contribution < -0.4 is 4.74 Å². The molecule has 2 rings (SSSR count). The van der Waals surface area contributed by atoms with Crippen LogP contribution in [-0.2, 0) is 0 Å². The van der Waals surface area contributed by atoms with Crippen molar-refractivity contribution < 1.29 is 9.53 Å². The van der Waals surface area contributed by atoms with Gasteiger partial charge in [-0.15, -0.1) is 0 Å². The Balaban J connectivity index is 2.43. The Morgan fingerprint density at radius 1 is 1.38 bits per heavy atom. The number of hydrogen-bond acceptors (Lipinski definition) is 4. The maximum atomic E-state index is 10.6. The van der Waals surface area contributed by atoms with Crippen LogP contribution >= 0.6 is 11.5 Å². The standard InChI is InChI=1S/C12H11NO2S/c1-8-5-9(7-14)3-4-10(8)11-6-12(15-2)13-16-11/h3-7H,1-2H3. The molecule has 0 aliphatic carbocycles. The molecule has 0 amide bonds. The van der Waals surface area contributed by atoms with Gasteiger partial charge in [-0.05, 0) is 35.6 Å². The Morgan fingerprint density at radius 2 is 2.19 bits per heavy atom. The summed E-state index contributed by atoms with van der Waals surface area (Å²) in [7, 11) is 1.60. The molecule has 0 bridgehead atoms. The van der Waals surface area contributed by atoms with Crippen molar-refractivity contribution in [2.45, 2.75) is 6.92 Å². The number of aromatic nitrogens is 1.